The summed E-state index contributed by atoms with van der Waals surface area (Å²) in [5.41, 5.74) is 2.68. The van der Waals surface area contributed by atoms with Crippen molar-refractivity contribution in [1.29, 1.82) is 0 Å². The highest BCUT2D eigenvalue weighted by Gasteiger charge is 2.10. The van der Waals surface area contributed by atoms with Gasteiger partial charge in [0.2, 0.25) is 0 Å². The SMILES string of the molecule is COc1ccc(-c2csc(=Nc3cc(OC)ccc3OC)n2CCO)cc1. The van der Waals surface area contributed by atoms with Crippen molar-refractivity contribution < 1.29 is 19.3 Å². The molecular weight excluding hydrogens is 364 g/mol. The zero-order valence-corrected chi connectivity index (χ0v) is 16.3. The molecule has 0 bridgehead atoms. The van der Waals surface area contributed by atoms with Crippen LogP contribution in [0.15, 0.2) is 52.8 Å². The van der Waals surface area contributed by atoms with E-state index in [0.29, 0.717) is 23.7 Å². The van der Waals surface area contributed by atoms with Crippen molar-refractivity contribution in [2.75, 3.05) is 27.9 Å². The third-order valence-corrected chi connectivity index (χ3v) is 4.97. The first kappa shape index (κ1) is 19.0. The number of methoxy groups -OCH3 is 3. The van der Waals surface area contributed by atoms with E-state index in [1.54, 1.807) is 21.3 Å². The molecule has 0 aliphatic rings. The van der Waals surface area contributed by atoms with Crippen LogP contribution in [0.25, 0.3) is 11.3 Å². The molecule has 0 atom stereocenters. The Kier molecular flexibility index (Phi) is 6.16. The van der Waals surface area contributed by atoms with E-state index in [1.807, 2.05) is 52.4 Å². The standard InChI is InChI=1S/C20H22N2O4S/c1-24-15-6-4-14(5-7-15)18-13-27-20(22(18)10-11-23)21-17-12-16(25-2)8-9-19(17)26-3/h4-9,12-13,23H,10-11H2,1-3H3. The number of aliphatic hydroxyl groups is 1. The predicted octanol–water partition coefficient (Wildman–Crippen LogP) is 3.47. The molecule has 142 valence electrons. The lowest BCUT2D eigenvalue weighted by Gasteiger charge is -2.09. The largest absolute Gasteiger partial charge is 0.497 e. The highest BCUT2D eigenvalue weighted by atomic mass is 32.1. The topological polar surface area (TPSA) is 65.2 Å². The van der Waals surface area contributed by atoms with Gasteiger partial charge in [-0.25, -0.2) is 4.99 Å². The van der Waals surface area contributed by atoms with Crippen molar-refractivity contribution in [3.05, 3.63) is 52.6 Å². The Bertz CT molecular complexity index is 961. The lowest BCUT2D eigenvalue weighted by Crippen LogP contribution is -2.18. The molecule has 0 aliphatic carbocycles. The number of aromatic nitrogens is 1. The first-order valence-electron chi connectivity index (χ1n) is 8.40. The van der Waals surface area contributed by atoms with E-state index in [-0.39, 0.29) is 6.61 Å². The quantitative estimate of drug-likeness (QED) is 0.675. The number of thiazole rings is 1. The van der Waals surface area contributed by atoms with Crippen LogP contribution < -0.4 is 19.0 Å². The summed E-state index contributed by atoms with van der Waals surface area (Å²) >= 11 is 1.51. The number of hydrogen-bond acceptors (Lipinski definition) is 6. The van der Waals surface area contributed by atoms with E-state index >= 15 is 0 Å². The Morgan fingerprint density at radius 1 is 0.963 bits per heavy atom. The fourth-order valence-electron chi connectivity index (χ4n) is 2.71. The van der Waals surface area contributed by atoms with E-state index < -0.39 is 0 Å². The lowest BCUT2D eigenvalue weighted by atomic mass is 10.1. The second kappa shape index (κ2) is 8.75. The Balaban J connectivity index is 2.11. The average Bonchev–Trinajstić information content (AvgIpc) is 3.10. The van der Waals surface area contributed by atoms with Gasteiger partial charge in [0.1, 0.15) is 22.9 Å². The number of aliphatic hydroxyl groups excluding tert-OH is 1. The van der Waals surface area contributed by atoms with Crippen molar-refractivity contribution in [3.8, 4) is 28.5 Å². The second-order valence-corrected chi connectivity index (χ2v) is 6.49. The number of hydrogen-bond donors (Lipinski definition) is 1. The summed E-state index contributed by atoms with van der Waals surface area (Å²) in [5, 5.41) is 11.6. The number of benzene rings is 2. The molecule has 0 aliphatic heterocycles. The average molecular weight is 386 g/mol. The van der Waals surface area contributed by atoms with E-state index in [4.69, 9.17) is 19.2 Å². The summed E-state index contributed by atoms with van der Waals surface area (Å²) in [6.07, 6.45) is 0. The maximum atomic E-state index is 9.54. The third-order valence-electron chi connectivity index (χ3n) is 4.11. The van der Waals surface area contributed by atoms with Gasteiger partial charge < -0.3 is 23.9 Å². The summed E-state index contributed by atoms with van der Waals surface area (Å²) in [5.74, 6) is 2.16. The Hall–Kier alpha value is -2.77. The fraction of sp³-hybridized carbons (Fsp3) is 0.250. The summed E-state index contributed by atoms with van der Waals surface area (Å²) < 4.78 is 17.9. The molecule has 27 heavy (non-hydrogen) atoms. The fourth-order valence-corrected chi connectivity index (χ4v) is 3.66. The van der Waals surface area contributed by atoms with Crippen molar-refractivity contribution in [3.63, 3.8) is 0 Å². The Labute approximate surface area is 161 Å². The van der Waals surface area contributed by atoms with Crippen LogP contribution in [0.2, 0.25) is 0 Å². The molecular formula is C20H22N2O4S. The predicted molar refractivity (Wildman–Crippen MR) is 106 cm³/mol. The van der Waals surface area contributed by atoms with Crippen LogP contribution in [0.1, 0.15) is 0 Å². The highest BCUT2D eigenvalue weighted by molar-refractivity contribution is 7.07. The van der Waals surface area contributed by atoms with Gasteiger partial charge in [0, 0.05) is 18.0 Å². The minimum Gasteiger partial charge on any atom is -0.497 e. The molecule has 6 nitrogen and oxygen atoms in total. The second-order valence-electron chi connectivity index (χ2n) is 5.66. The number of ether oxygens (including phenoxy) is 3. The molecule has 7 heteroatoms. The summed E-state index contributed by atoms with van der Waals surface area (Å²) in [6.45, 7) is 0.457. The van der Waals surface area contributed by atoms with Crippen LogP contribution in [-0.2, 0) is 6.54 Å². The molecule has 0 amide bonds. The highest BCUT2D eigenvalue weighted by Crippen LogP contribution is 2.31. The van der Waals surface area contributed by atoms with Gasteiger partial charge in [-0.05, 0) is 42.0 Å². The smallest absolute Gasteiger partial charge is 0.190 e. The van der Waals surface area contributed by atoms with E-state index in [1.165, 1.54) is 11.3 Å². The minimum atomic E-state index is 0.0162. The Morgan fingerprint density at radius 2 is 1.67 bits per heavy atom. The first-order valence-corrected chi connectivity index (χ1v) is 9.28. The van der Waals surface area contributed by atoms with Gasteiger partial charge in [-0.15, -0.1) is 11.3 Å². The molecule has 0 saturated heterocycles. The van der Waals surface area contributed by atoms with E-state index in [0.717, 1.165) is 21.8 Å². The molecule has 0 unspecified atom stereocenters. The molecule has 1 heterocycles. The van der Waals surface area contributed by atoms with Crippen LogP contribution in [-0.4, -0.2) is 37.6 Å². The molecule has 1 aromatic heterocycles. The van der Waals surface area contributed by atoms with Gasteiger partial charge in [-0.1, -0.05) is 0 Å². The molecule has 3 rings (SSSR count). The summed E-state index contributed by atoms with van der Waals surface area (Å²) in [7, 11) is 4.87. The van der Waals surface area contributed by atoms with Gasteiger partial charge in [0.05, 0.1) is 33.6 Å². The molecule has 0 radical (unpaired) electrons. The molecule has 0 saturated carbocycles. The van der Waals surface area contributed by atoms with E-state index in [2.05, 4.69) is 0 Å². The third kappa shape index (κ3) is 4.15. The maximum absolute atomic E-state index is 9.54. The zero-order valence-electron chi connectivity index (χ0n) is 15.5. The van der Waals surface area contributed by atoms with E-state index in [9.17, 15) is 5.11 Å². The summed E-state index contributed by atoms with van der Waals surface area (Å²) in [4.78, 5) is 5.52. The Morgan fingerprint density at radius 3 is 2.30 bits per heavy atom. The van der Waals surface area contributed by atoms with Crippen molar-refractivity contribution >= 4 is 17.0 Å². The van der Waals surface area contributed by atoms with Crippen LogP contribution in [0, 0.1) is 0 Å². The molecule has 3 aromatic rings. The van der Waals surface area contributed by atoms with Gasteiger partial charge in [0.15, 0.2) is 4.80 Å². The zero-order chi connectivity index (χ0) is 19.2. The van der Waals surface area contributed by atoms with Crippen LogP contribution in [0.4, 0.5) is 5.69 Å². The lowest BCUT2D eigenvalue weighted by molar-refractivity contribution is 0.275. The van der Waals surface area contributed by atoms with Crippen LogP contribution in [0.5, 0.6) is 17.2 Å². The number of rotatable bonds is 7. The molecule has 0 spiro atoms. The van der Waals surface area contributed by atoms with Crippen LogP contribution >= 0.6 is 11.3 Å². The van der Waals surface area contributed by atoms with Gasteiger partial charge in [-0.3, -0.25) is 0 Å². The molecule has 2 aromatic carbocycles. The minimum absolute atomic E-state index is 0.0162. The maximum Gasteiger partial charge on any atom is 0.190 e. The van der Waals surface area contributed by atoms with Gasteiger partial charge in [0.25, 0.3) is 0 Å². The monoisotopic (exact) mass is 386 g/mol. The molecule has 1 N–H and O–H groups in total. The van der Waals surface area contributed by atoms with Crippen molar-refractivity contribution in [2.45, 2.75) is 6.54 Å². The summed E-state index contributed by atoms with van der Waals surface area (Å²) in [6, 6.07) is 13.3. The first-order chi connectivity index (χ1) is 13.2. The number of nitrogens with zero attached hydrogens (tertiary/aromatic N) is 2. The van der Waals surface area contributed by atoms with Gasteiger partial charge in [-0.2, -0.15) is 0 Å². The van der Waals surface area contributed by atoms with Gasteiger partial charge >= 0.3 is 0 Å². The van der Waals surface area contributed by atoms with Crippen LogP contribution in [0.3, 0.4) is 0 Å². The van der Waals surface area contributed by atoms with Crippen molar-refractivity contribution in [2.24, 2.45) is 4.99 Å². The molecule has 0 fully saturated rings. The normalized spacial score (nSPS) is 11.5. The van der Waals surface area contributed by atoms with Crippen molar-refractivity contribution in [1.82, 2.24) is 4.57 Å².